The van der Waals surface area contributed by atoms with E-state index in [1.807, 2.05) is 7.05 Å². The molecule has 1 nitrogen and oxygen atoms in total. The molecule has 0 radical (unpaired) electrons. The zero-order valence-electron chi connectivity index (χ0n) is 9.43. The molecular weight excluding hydrogens is 158 g/mol. The highest BCUT2D eigenvalue weighted by Crippen LogP contribution is 2.29. The molecule has 0 bridgehead atoms. The molecule has 0 aromatic heterocycles. The second-order valence-electron chi connectivity index (χ2n) is 4.55. The fourth-order valence-corrected chi connectivity index (χ4v) is 2.06. The monoisotopic (exact) mass is 181 g/mol. The van der Waals surface area contributed by atoms with Crippen molar-refractivity contribution in [3.63, 3.8) is 0 Å². The Morgan fingerprint density at radius 1 is 1.38 bits per heavy atom. The summed E-state index contributed by atoms with van der Waals surface area (Å²) in [5, 5.41) is 3.33. The van der Waals surface area contributed by atoms with Gasteiger partial charge in [0.15, 0.2) is 0 Å². The van der Waals surface area contributed by atoms with Gasteiger partial charge in [-0.2, -0.15) is 0 Å². The third kappa shape index (κ3) is 2.84. The molecular formula is C12H23N. The van der Waals surface area contributed by atoms with Crippen molar-refractivity contribution in [3.8, 4) is 0 Å². The van der Waals surface area contributed by atoms with Gasteiger partial charge < -0.3 is 5.32 Å². The average Bonchev–Trinajstić information content (AvgIpc) is 2.17. The number of rotatable bonds is 3. The second kappa shape index (κ2) is 4.80. The van der Waals surface area contributed by atoms with E-state index in [2.05, 4.69) is 32.2 Å². The molecule has 0 aromatic carbocycles. The van der Waals surface area contributed by atoms with Crippen LogP contribution in [0, 0.1) is 11.8 Å². The third-order valence-electron chi connectivity index (χ3n) is 3.28. The first-order valence-corrected chi connectivity index (χ1v) is 5.53. The zero-order valence-corrected chi connectivity index (χ0v) is 9.43. The summed E-state index contributed by atoms with van der Waals surface area (Å²) in [6.45, 7) is 6.91. The molecule has 13 heavy (non-hydrogen) atoms. The van der Waals surface area contributed by atoms with Gasteiger partial charge in [0.1, 0.15) is 0 Å². The predicted molar refractivity (Wildman–Crippen MR) is 58.8 cm³/mol. The molecule has 1 aliphatic carbocycles. The van der Waals surface area contributed by atoms with Crippen molar-refractivity contribution in [3.05, 3.63) is 11.6 Å². The zero-order chi connectivity index (χ0) is 9.84. The molecule has 0 aromatic rings. The molecule has 0 saturated carbocycles. The molecule has 0 aliphatic heterocycles. The molecule has 1 rings (SSSR count). The Bertz CT molecular complexity index is 182. The van der Waals surface area contributed by atoms with Crippen LogP contribution in [0.5, 0.6) is 0 Å². The summed E-state index contributed by atoms with van der Waals surface area (Å²) in [7, 11) is 2.05. The van der Waals surface area contributed by atoms with E-state index in [1.54, 1.807) is 5.57 Å². The van der Waals surface area contributed by atoms with Crippen LogP contribution in [0.3, 0.4) is 0 Å². The lowest BCUT2D eigenvalue weighted by molar-refractivity contribution is 0.397. The fourth-order valence-electron chi connectivity index (χ4n) is 2.06. The Labute approximate surface area is 82.6 Å². The summed E-state index contributed by atoms with van der Waals surface area (Å²) in [5.41, 5.74) is 1.62. The summed E-state index contributed by atoms with van der Waals surface area (Å²) in [5.74, 6) is 1.62. The number of likely N-dealkylation sites (N-methyl/N-ethyl adjacent to an activating group) is 1. The van der Waals surface area contributed by atoms with Gasteiger partial charge in [-0.25, -0.2) is 0 Å². The van der Waals surface area contributed by atoms with Crippen LogP contribution in [-0.4, -0.2) is 13.1 Å². The van der Waals surface area contributed by atoms with Crippen molar-refractivity contribution in [2.75, 3.05) is 7.05 Å². The molecule has 1 N–H and O–H groups in total. The Balaban J connectivity index is 2.63. The van der Waals surface area contributed by atoms with Crippen molar-refractivity contribution in [2.24, 2.45) is 11.8 Å². The normalized spacial score (nSPS) is 25.9. The van der Waals surface area contributed by atoms with E-state index in [1.165, 1.54) is 19.3 Å². The van der Waals surface area contributed by atoms with E-state index in [-0.39, 0.29) is 0 Å². The lowest BCUT2D eigenvalue weighted by Crippen LogP contribution is -2.26. The molecule has 2 atom stereocenters. The molecule has 76 valence electrons. The van der Waals surface area contributed by atoms with Crippen LogP contribution in [0.2, 0.25) is 0 Å². The highest BCUT2D eigenvalue weighted by Gasteiger charge is 2.18. The number of hydrogen-bond donors (Lipinski definition) is 1. The summed E-state index contributed by atoms with van der Waals surface area (Å²) < 4.78 is 0. The fraction of sp³-hybridized carbons (Fsp3) is 0.833. The van der Waals surface area contributed by atoms with Crippen molar-refractivity contribution >= 4 is 0 Å². The molecule has 0 heterocycles. The van der Waals surface area contributed by atoms with Crippen molar-refractivity contribution in [2.45, 2.75) is 46.1 Å². The van der Waals surface area contributed by atoms with Gasteiger partial charge >= 0.3 is 0 Å². The van der Waals surface area contributed by atoms with Gasteiger partial charge in [-0.15, -0.1) is 0 Å². The minimum Gasteiger partial charge on any atom is -0.314 e. The highest BCUT2D eigenvalue weighted by molar-refractivity contribution is 5.14. The molecule has 2 unspecified atom stereocenters. The molecule has 0 spiro atoms. The van der Waals surface area contributed by atoms with E-state index in [0.29, 0.717) is 6.04 Å². The SMILES string of the molecule is CNC(C)C1=CC(C(C)C)CCC1. The summed E-state index contributed by atoms with van der Waals surface area (Å²) in [6.07, 6.45) is 6.57. The first-order chi connectivity index (χ1) is 6.15. The van der Waals surface area contributed by atoms with Crippen LogP contribution in [0.1, 0.15) is 40.0 Å². The van der Waals surface area contributed by atoms with Gasteiger partial charge in [0.25, 0.3) is 0 Å². The Kier molecular flexibility index (Phi) is 3.98. The van der Waals surface area contributed by atoms with Gasteiger partial charge in [-0.3, -0.25) is 0 Å². The predicted octanol–water partition coefficient (Wildman–Crippen LogP) is 2.98. The first-order valence-electron chi connectivity index (χ1n) is 5.53. The van der Waals surface area contributed by atoms with Crippen LogP contribution in [0.4, 0.5) is 0 Å². The summed E-state index contributed by atoms with van der Waals surface area (Å²) >= 11 is 0. The van der Waals surface area contributed by atoms with Crippen molar-refractivity contribution in [1.82, 2.24) is 5.32 Å². The number of nitrogens with one attached hydrogen (secondary N) is 1. The topological polar surface area (TPSA) is 12.0 Å². The van der Waals surface area contributed by atoms with Crippen LogP contribution in [0.15, 0.2) is 11.6 Å². The molecule has 0 amide bonds. The standard InChI is InChI=1S/C12H23N/c1-9(2)11-6-5-7-12(8-11)10(3)13-4/h8-11,13H,5-7H2,1-4H3. The number of hydrogen-bond acceptors (Lipinski definition) is 1. The maximum atomic E-state index is 3.33. The minimum atomic E-state index is 0.571. The van der Waals surface area contributed by atoms with E-state index in [9.17, 15) is 0 Å². The second-order valence-corrected chi connectivity index (χ2v) is 4.55. The van der Waals surface area contributed by atoms with E-state index in [0.717, 1.165) is 11.8 Å². The van der Waals surface area contributed by atoms with Crippen molar-refractivity contribution in [1.29, 1.82) is 0 Å². The average molecular weight is 181 g/mol. The van der Waals surface area contributed by atoms with Crippen LogP contribution < -0.4 is 5.32 Å². The van der Waals surface area contributed by atoms with Gasteiger partial charge in [-0.05, 0) is 45.1 Å². The van der Waals surface area contributed by atoms with E-state index >= 15 is 0 Å². The Morgan fingerprint density at radius 2 is 2.08 bits per heavy atom. The Morgan fingerprint density at radius 3 is 2.62 bits per heavy atom. The largest absolute Gasteiger partial charge is 0.314 e. The first kappa shape index (κ1) is 10.8. The summed E-state index contributed by atoms with van der Waals surface area (Å²) in [4.78, 5) is 0. The lowest BCUT2D eigenvalue weighted by Gasteiger charge is -2.27. The van der Waals surface area contributed by atoms with Gasteiger partial charge in [0, 0.05) is 6.04 Å². The van der Waals surface area contributed by atoms with Gasteiger partial charge in [0.05, 0.1) is 0 Å². The Hall–Kier alpha value is -0.300. The van der Waals surface area contributed by atoms with Crippen LogP contribution in [-0.2, 0) is 0 Å². The highest BCUT2D eigenvalue weighted by atomic mass is 14.9. The van der Waals surface area contributed by atoms with E-state index in [4.69, 9.17) is 0 Å². The minimum absolute atomic E-state index is 0.571. The van der Waals surface area contributed by atoms with Crippen molar-refractivity contribution < 1.29 is 0 Å². The molecule has 0 saturated heterocycles. The van der Waals surface area contributed by atoms with Crippen LogP contribution >= 0.6 is 0 Å². The number of allylic oxidation sites excluding steroid dienone is 1. The summed E-state index contributed by atoms with van der Waals surface area (Å²) in [6, 6.07) is 0.571. The molecule has 0 fully saturated rings. The maximum Gasteiger partial charge on any atom is 0.0248 e. The molecule has 1 heteroatoms. The van der Waals surface area contributed by atoms with Crippen LogP contribution in [0.25, 0.3) is 0 Å². The van der Waals surface area contributed by atoms with E-state index < -0.39 is 0 Å². The third-order valence-corrected chi connectivity index (χ3v) is 3.28. The maximum absolute atomic E-state index is 3.33. The lowest BCUT2D eigenvalue weighted by atomic mass is 9.82. The smallest absolute Gasteiger partial charge is 0.0248 e. The quantitative estimate of drug-likeness (QED) is 0.660. The van der Waals surface area contributed by atoms with Gasteiger partial charge in [-0.1, -0.05) is 25.5 Å². The van der Waals surface area contributed by atoms with Gasteiger partial charge in [0.2, 0.25) is 0 Å². The molecule has 1 aliphatic rings.